The highest BCUT2D eigenvalue weighted by atomic mass is 32.2. The maximum absolute atomic E-state index is 11.9. The normalized spacial score (nSPS) is 19.2. The van der Waals surface area contributed by atoms with Gasteiger partial charge in [-0.1, -0.05) is 0 Å². The zero-order valence-corrected chi connectivity index (χ0v) is 11.7. The first-order valence-corrected chi connectivity index (χ1v) is 7.29. The molecule has 0 aromatic heterocycles. The lowest BCUT2D eigenvalue weighted by molar-refractivity contribution is -0.137. The van der Waals surface area contributed by atoms with Gasteiger partial charge in [0, 0.05) is 33.3 Å². The van der Waals surface area contributed by atoms with Gasteiger partial charge in [0.05, 0.1) is 0 Å². The Hall–Kier alpha value is -1.19. The van der Waals surface area contributed by atoms with E-state index in [-0.39, 0.29) is 38.7 Å². The Morgan fingerprint density at radius 2 is 1.79 bits per heavy atom. The van der Waals surface area contributed by atoms with Crippen molar-refractivity contribution in [2.24, 2.45) is 0 Å². The highest BCUT2D eigenvalue weighted by Gasteiger charge is 2.36. The van der Waals surface area contributed by atoms with Gasteiger partial charge in [-0.15, -0.1) is 0 Å². The number of rotatable bonds is 5. The van der Waals surface area contributed by atoms with E-state index in [0.717, 1.165) is 11.2 Å². The van der Waals surface area contributed by atoms with Crippen LogP contribution in [0.5, 0.6) is 0 Å². The molecule has 1 amide bonds. The second-order valence-electron chi connectivity index (χ2n) is 4.24. The summed E-state index contributed by atoms with van der Waals surface area (Å²) in [6.07, 6.45) is 0. The van der Waals surface area contributed by atoms with Gasteiger partial charge in [0.1, 0.15) is 6.61 Å². The van der Waals surface area contributed by atoms with Gasteiger partial charge in [-0.05, 0) is 6.92 Å². The molecule has 1 aliphatic rings. The SMILES string of the molecule is COCC(=O)N1CCN(S(=O)(=O)C(C)C(=O)O)CC1. The summed E-state index contributed by atoms with van der Waals surface area (Å²) in [5.74, 6) is -1.58. The molecule has 1 atom stereocenters. The van der Waals surface area contributed by atoms with Crippen molar-refractivity contribution in [2.45, 2.75) is 12.2 Å². The molecule has 1 fully saturated rings. The quantitative estimate of drug-likeness (QED) is 0.667. The summed E-state index contributed by atoms with van der Waals surface area (Å²) in [5.41, 5.74) is 0. The lowest BCUT2D eigenvalue weighted by atomic mass is 10.3. The number of amides is 1. The third-order valence-corrected chi connectivity index (χ3v) is 5.19. The van der Waals surface area contributed by atoms with Crippen LogP contribution in [0.3, 0.4) is 0 Å². The molecule has 0 aliphatic carbocycles. The minimum absolute atomic E-state index is 0.0434. The number of aliphatic carboxylic acids is 1. The predicted octanol–water partition coefficient (Wildman–Crippen LogP) is -1.42. The van der Waals surface area contributed by atoms with Crippen LogP contribution in [0.15, 0.2) is 0 Å². The minimum Gasteiger partial charge on any atom is -0.480 e. The summed E-state index contributed by atoms with van der Waals surface area (Å²) in [4.78, 5) is 23.8. The average Bonchev–Trinajstić information content (AvgIpc) is 2.38. The summed E-state index contributed by atoms with van der Waals surface area (Å²) in [6, 6.07) is 0. The van der Waals surface area contributed by atoms with Crippen molar-refractivity contribution in [2.75, 3.05) is 39.9 Å². The summed E-state index contributed by atoms with van der Waals surface area (Å²) in [5, 5.41) is 7.29. The van der Waals surface area contributed by atoms with Crippen molar-refractivity contribution in [1.29, 1.82) is 0 Å². The van der Waals surface area contributed by atoms with Gasteiger partial charge in [0.15, 0.2) is 5.25 Å². The number of hydrogen-bond acceptors (Lipinski definition) is 5. The van der Waals surface area contributed by atoms with E-state index < -0.39 is 21.2 Å². The van der Waals surface area contributed by atoms with Crippen molar-refractivity contribution < 1.29 is 27.9 Å². The summed E-state index contributed by atoms with van der Waals surface area (Å²) >= 11 is 0. The fourth-order valence-electron chi connectivity index (χ4n) is 1.76. The number of carboxylic acid groups (broad SMARTS) is 1. The molecule has 0 aromatic carbocycles. The molecule has 19 heavy (non-hydrogen) atoms. The van der Waals surface area contributed by atoms with Gasteiger partial charge in [0.25, 0.3) is 0 Å². The molecule has 0 saturated carbocycles. The molecule has 9 heteroatoms. The van der Waals surface area contributed by atoms with E-state index in [9.17, 15) is 18.0 Å². The molecular weight excluding hydrogens is 276 g/mol. The fraction of sp³-hybridized carbons (Fsp3) is 0.800. The molecule has 1 aliphatic heterocycles. The number of carboxylic acids is 1. The smallest absolute Gasteiger partial charge is 0.323 e. The highest BCUT2D eigenvalue weighted by Crippen LogP contribution is 2.13. The molecule has 0 radical (unpaired) electrons. The van der Waals surface area contributed by atoms with Crippen molar-refractivity contribution >= 4 is 21.9 Å². The van der Waals surface area contributed by atoms with E-state index in [1.807, 2.05) is 0 Å². The van der Waals surface area contributed by atoms with Gasteiger partial charge >= 0.3 is 5.97 Å². The van der Waals surface area contributed by atoms with Gasteiger partial charge in [0.2, 0.25) is 15.9 Å². The molecular formula is C10H18N2O6S. The second kappa shape index (κ2) is 6.31. The fourth-order valence-corrected chi connectivity index (χ4v) is 3.13. The largest absolute Gasteiger partial charge is 0.480 e. The lowest BCUT2D eigenvalue weighted by Gasteiger charge is -2.34. The maximum Gasteiger partial charge on any atom is 0.323 e. The highest BCUT2D eigenvalue weighted by molar-refractivity contribution is 7.90. The van der Waals surface area contributed by atoms with Crippen LogP contribution in [0, 0.1) is 0 Å². The number of piperazine rings is 1. The zero-order chi connectivity index (χ0) is 14.6. The van der Waals surface area contributed by atoms with Crippen LogP contribution in [0.2, 0.25) is 0 Å². The number of nitrogens with zero attached hydrogens (tertiary/aromatic N) is 2. The van der Waals surface area contributed by atoms with E-state index in [0.29, 0.717) is 0 Å². The molecule has 0 aromatic rings. The molecule has 0 bridgehead atoms. The standard InChI is InChI=1S/C10H18N2O6S/c1-8(10(14)15)19(16,17)12-5-3-11(4-6-12)9(13)7-18-2/h8H,3-7H2,1-2H3,(H,14,15). The summed E-state index contributed by atoms with van der Waals surface area (Å²) < 4.78 is 29.7. The number of ether oxygens (including phenoxy) is 1. The van der Waals surface area contributed by atoms with Crippen molar-refractivity contribution in [3.8, 4) is 0 Å². The number of methoxy groups -OCH3 is 1. The second-order valence-corrected chi connectivity index (χ2v) is 6.49. The van der Waals surface area contributed by atoms with Crippen LogP contribution in [0.25, 0.3) is 0 Å². The van der Waals surface area contributed by atoms with Crippen LogP contribution in [-0.4, -0.2) is 79.8 Å². The van der Waals surface area contributed by atoms with Crippen molar-refractivity contribution in [1.82, 2.24) is 9.21 Å². The third-order valence-electron chi connectivity index (χ3n) is 3.01. The van der Waals surface area contributed by atoms with E-state index in [1.54, 1.807) is 0 Å². The molecule has 110 valence electrons. The molecule has 1 heterocycles. The Bertz CT molecular complexity index is 441. The van der Waals surface area contributed by atoms with Gasteiger partial charge in [-0.25, -0.2) is 8.42 Å². The van der Waals surface area contributed by atoms with Crippen LogP contribution in [0.1, 0.15) is 6.92 Å². The molecule has 8 nitrogen and oxygen atoms in total. The molecule has 1 rings (SSSR count). The molecule has 1 N–H and O–H groups in total. The van der Waals surface area contributed by atoms with Gasteiger partial charge < -0.3 is 14.7 Å². The first kappa shape index (κ1) is 15.9. The Labute approximate surface area is 112 Å². The molecule has 1 unspecified atom stereocenters. The Balaban J connectivity index is 2.63. The van der Waals surface area contributed by atoms with Crippen molar-refractivity contribution in [3.05, 3.63) is 0 Å². The monoisotopic (exact) mass is 294 g/mol. The van der Waals surface area contributed by atoms with Crippen LogP contribution in [0.4, 0.5) is 0 Å². The number of carbonyl (C=O) groups is 2. The predicted molar refractivity (Wildman–Crippen MR) is 66.0 cm³/mol. The van der Waals surface area contributed by atoms with Crippen LogP contribution in [-0.2, 0) is 24.3 Å². The first-order valence-electron chi connectivity index (χ1n) is 5.79. The van der Waals surface area contributed by atoms with Crippen LogP contribution >= 0.6 is 0 Å². The molecule has 0 spiro atoms. The number of carbonyl (C=O) groups excluding carboxylic acids is 1. The van der Waals surface area contributed by atoms with Crippen LogP contribution < -0.4 is 0 Å². The lowest BCUT2D eigenvalue weighted by Crippen LogP contribution is -2.53. The van der Waals surface area contributed by atoms with Crippen molar-refractivity contribution in [3.63, 3.8) is 0 Å². The Morgan fingerprint density at radius 1 is 1.26 bits per heavy atom. The van der Waals surface area contributed by atoms with E-state index in [1.165, 1.54) is 12.0 Å². The average molecular weight is 294 g/mol. The maximum atomic E-state index is 11.9. The van der Waals surface area contributed by atoms with E-state index >= 15 is 0 Å². The zero-order valence-electron chi connectivity index (χ0n) is 10.9. The van der Waals surface area contributed by atoms with Gasteiger partial charge in [-0.3, -0.25) is 9.59 Å². The number of sulfonamides is 1. The van der Waals surface area contributed by atoms with E-state index in [4.69, 9.17) is 9.84 Å². The summed E-state index contributed by atoms with van der Waals surface area (Å²) in [7, 11) is -2.45. The van der Waals surface area contributed by atoms with Gasteiger partial charge in [-0.2, -0.15) is 4.31 Å². The topological polar surface area (TPSA) is 104 Å². The first-order chi connectivity index (χ1) is 8.80. The Morgan fingerprint density at radius 3 is 2.21 bits per heavy atom. The third kappa shape index (κ3) is 3.64. The van der Waals surface area contributed by atoms with E-state index in [2.05, 4.69) is 0 Å². The number of hydrogen-bond donors (Lipinski definition) is 1. The minimum atomic E-state index is -3.86. The molecule has 1 saturated heterocycles. The Kier molecular flexibility index (Phi) is 5.27. The summed E-state index contributed by atoms with van der Waals surface area (Å²) in [6.45, 7) is 1.80.